The van der Waals surface area contributed by atoms with Crippen LogP contribution in [0.25, 0.3) is 0 Å². The van der Waals surface area contributed by atoms with Crippen molar-refractivity contribution in [2.75, 3.05) is 17.2 Å². The number of ketones is 1. The number of carbonyl (C=O) groups is 2. The van der Waals surface area contributed by atoms with Crippen molar-refractivity contribution in [3.8, 4) is 0 Å². The highest BCUT2D eigenvalue weighted by atomic mass is 35.5. The van der Waals surface area contributed by atoms with Gasteiger partial charge in [-0.25, -0.2) is 8.42 Å². The minimum atomic E-state index is -3.66. The van der Waals surface area contributed by atoms with Gasteiger partial charge in [-0.1, -0.05) is 35.9 Å². The molecule has 1 aliphatic rings. The number of halogens is 1. The number of hydrogen-bond donors (Lipinski definition) is 0. The third-order valence-corrected chi connectivity index (χ3v) is 6.32. The second kappa shape index (κ2) is 6.98. The number of fused-ring (bicyclic) bond motifs is 1. The molecule has 7 heteroatoms. The van der Waals surface area contributed by atoms with E-state index in [4.69, 9.17) is 11.6 Å². The fourth-order valence-corrected chi connectivity index (χ4v) is 4.64. The second-order valence-electron chi connectivity index (χ2n) is 5.73. The first-order valence-corrected chi connectivity index (χ1v) is 9.83. The molecule has 1 aliphatic heterocycles. The standard InChI is InChI=1S/C18H16ClNO4S/c19-14-6-2-4-8-17(14)25(23,24)12-10-18(22)20-11-9-16(21)13-5-1-3-7-15(13)20/h1-8H,9-12H2. The molecule has 0 atom stereocenters. The van der Waals surface area contributed by atoms with Gasteiger partial charge in [-0.2, -0.15) is 0 Å². The maximum absolute atomic E-state index is 12.5. The lowest BCUT2D eigenvalue weighted by Gasteiger charge is -2.28. The van der Waals surface area contributed by atoms with Crippen LogP contribution in [0, 0.1) is 0 Å². The first-order valence-electron chi connectivity index (χ1n) is 7.80. The van der Waals surface area contributed by atoms with E-state index in [-0.39, 0.29) is 46.7 Å². The summed E-state index contributed by atoms with van der Waals surface area (Å²) in [5.41, 5.74) is 1.04. The minimum absolute atomic E-state index is 0.0108. The number of anilines is 1. The van der Waals surface area contributed by atoms with Gasteiger partial charge in [0.25, 0.3) is 0 Å². The largest absolute Gasteiger partial charge is 0.311 e. The zero-order valence-corrected chi connectivity index (χ0v) is 14.9. The molecule has 25 heavy (non-hydrogen) atoms. The predicted molar refractivity (Wildman–Crippen MR) is 95.9 cm³/mol. The Kier molecular flexibility index (Phi) is 4.92. The molecule has 0 bridgehead atoms. The number of Topliss-reactive ketones (excluding diaryl/α,β-unsaturated/α-hetero) is 1. The Morgan fingerprint density at radius 3 is 2.52 bits per heavy atom. The third kappa shape index (κ3) is 3.60. The van der Waals surface area contributed by atoms with E-state index < -0.39 is 9.84 Å². The SMILES string of the molecule is O=C1CCN(C(=O)CCS(=O)(=O)c2ccccc2Cl)c2ccccc21. The highest BCUT2D eigenvalue weighted by Gasteiger charge is 2.28. The second-order valence-corrected chi connectivity index (χ2v) is 8.22. The molecule has 0 aromatic heterocycles. The van der Waals surface area contributed by atoms with E-state index >= 15 is 0 Å². The van der Waals surface area contributed by atoms with E-state index in [0.29, 0.717) is 11.3 Å². The molecule has 5 nitrogen and oxygen atoms in total. The fourth-order valence-electron chi connectivity index (χ4n) is 2.84. The maximum Gasteiger partial charge on any atom is 0.228 e. The molecule has 0 saturated carbocycles. The van der Waals surface area contributed by atoms with Crippen LogP contribution in [0.4, 0.5) is 5.69 Å². The van der Waals surface area contributed by atoms with Gasteiger partial charge in [0, 0.05) is 24.9 Å². The summed E-state index contributed by atoms with van der Waals surface area (Å²) in [6, 6.07) is 13.0. The van der Waals surface area contributed by atoms with Crippen LogP contribution >= 0.6 is 11.6 Å². The van der Waals surface area contributed by atoms with Crippen LogP contribution in [0.15, 0.2) is 53.4 Å². The lowest BCUT2D eigenvalue weighted by Crippen LogP contribution is -2.38. The van der Waals surface area contributed by atoms with E-state index in [1.807, 2.05) is 0 Å². The Balaban J connectivity index is 1.77. The van der Waals surface area contributed by atoms with Crippen LogP contribution in [-0.4, -0.2) is 32.4 Å². The smallest absolute Gasteiger partial charge is 0.228 e. The first kappa shape index (κ1) is 17.6. The number of rotatable bonds is 4. The first-order chi connectivity index (χ1) is 11.9. The van der Waals surface area contributed by atoms with E-state index in [0.717, 1.165) is 0 Å². The van der Waals surface area contributed by atoms with Crippen LogP contribution in [0.5, 0.6) is 0 Å². The molecule has 3 rings (SSSR count). The van der Waals surface area contributed by atoms with Crippen LogP contribution in [0.3, 0.4) is 0 Å². The molecule has 2 aromatic rings. The van der Waals surface area contributed by atoms with E-state index in [2.05, 4.69) is 0 Å². The summed E-state index contributed by atoms with van der Waals surface area (Å²) in [6.45, 7) is 0.265. The Morgan fingerprint density at radius 2 is 1.76 bits per heavy atom. The maximum atomic E-state index is 12.5. The molecular formula is C18H16ClNO4S. The Bertz CT molecular complexity index is 940. The third-order valence-electron chi connectivity index (χ3n) is 4.12. The van der Waals surface area contributed by atoms with Gasteiger partial charge < -0.3 is 4.90 Å². The molecule has 0 N–H and O–H groups in total. The average molecular weight is 378 g/mol. The average Bonchev–Trinajstić information content (AvgIpc) is 2.60. The quantitative estimate of drug-likeness (QED) is 0.820. The van der Waals surface area contributed by atoms with Gasteiger partial charge in [0.1, 0.15) is 0 Å². The zero-order chi connectivity index (χ0) is 18.0. The van der Waals surface area contributed by atoms with Crippen LogP contribution in [0.1, 0.15) is 23.2 Å². The van der Waals surface area contributed by atoms with Gasteiger partial charge >= 0.3 is 0 Å². The molecule has 0 radical (unpaired) electrons. The monoisotopic (exact) mass is 377 g/mol. The lowest BCUT2D eigenvalue weighted by atomic mass is 10.0. The Labute approximate surface area is 151 Å². The molecular weight excluding hydrogens is 362 g/mol. The summed E-state index contributed by atoms with van der Waals surface area (Å²) >= 11 is 5.94. The normalized spacial score (nSPS) is 14.3. The van der Waals surface area contributed by atoms with Crippen molar-refractivity contribution in [2.24, 2.45) is 0 Å². The summed E-state index contributed by atoms with van der Waals surface area (Å²) in [4.78, 5) is 26.0. The van der Waals surface area contributed by atoms with Gasteiger partial charge in [-0.15, -0.1) is 0 Å². The summed E-state index contributed by atoms with van der Waals surface area (Å²) < 4.78 is 24.9. The highest BCUT2D eigenvalue weighted by Crippen LogP contribution is 2.28. The molecule has 130 valence electrons. The van der Waals surface area contributed by atoms with Crippen molar-refractivity contribution in [3.63, 3.8) is 0 Å². The van der Waals surface area contributed by atoms with Crippen molar-refractivity contribution in [1.82, 2.24) is 0 Å². The number of carbonyl (C=O) groups excluding carboxylic acids is 2. The molecule has 1 amide bonds. The van der Waals surface area contributed by atoms with E-state index in [1.54, 1.807) is 36.4 Å². The molecule has 0 fully saturated rings. The van der Waals surface area contributed by atoms with Gasteiger partial charge in [0.15, 0.2) is 15.6 Å². The van der Waals surface area contributed by atoms with E-state index in [1.165, 1.54) is 17.0 Å². The fraction of sp³-hybridized carbons (Fsp3) is 0.222. The van der Waals surface area contributed by atoms with Crippen LogP contribution in [0.2, 0.25) is 5.02 Å². The van der Waals surface area contributed by atoms with Gasteiger partial charge in [0.2, 0.25) is 5.91 Å². The summed E-state index contributed by atoms with van der Waals surface area (Å²) in [7, 11) is -3.66. The topological polar surface area (TPSA) is 71.5 Å². The van der Waals surface area contributed by atoms with Crippen LogP contribution < -0.4 is 4.90 Å². The van der Waals surface area contributed by atoms with Crippen molar-refractivity contribution in [1.29, 1.82) is 0 Å². The molecule has 0 saturated heterocycles. The summed E-state index contributed by atoms with van der Waals surface area (Å²) in [5.74, 6) is -0.666. The minimum Gasteiger partial charge on any atom is -0.311 e. The zero-order valence-electron chi connectivity index (χ0n) is 13.3. The number of amides is 1. The Morgan fingerprint density at radius 1 is 1.08 bits per heavy atom. The van der Waals surface area contributed by atoms with Gasteiger partial charge in [-0.05, 0) is 24.3 Å². The van der Waals surface area contributed by atoms with Crippen molar-refractivity contribution < 1.29 is 18.0 Å². The highest BCUT2D eigenvalue weighted by molar-refractivity contribution is 7.91. The number of para-hydroxylation sites is 1. The molecule has 0 spiro atoms. The molecule has 0 aliphatic carbocycles. The van der Waals surface area contributed by atoms with Crippen molar-refractivity contribution in [2.45, 2.75) is 17.7 Å². The van der Waals surface area contributed by atoms with Gasteiger partial charge in [-0.3, -0.25) is 9.59 Å². The molecule has 1 heterocycles. The number of sulfone groups is 1. The Hall–Kier alpha value is -2.18. The van der Waals surface area contributed by atoms with Gasteiger partial charge in [0.05, 0.1) is 21.4 Å². The number of hydrogen-bond acceptors (Lipinski definition) is 4. The molecule has 0 unspecified atom stereocenters. The van der Waals surface area contributed by atoms with Crippen LogP contribution in [-0.2, 0) is 14.6 Å². The summed E-state index contributed by atoms with van der Waals surface area (Å²) in [6.07, 6.45) is 0.0656. The van der Waals surface area contributed by atoms with E-state index in [9.17, 15) is 18.0 Å². The summed E-state index contributed by atoms with van der Waals surface area (Å²) in [5, 5.41) is 0.142. The number of benzene rings is 2. The lowest BCUT2D eigenvalue weighted by molar-refractivity contribution is -0.118. The van der Waals surface area contributed by atoms with Crippen molar-refractivity contribution >= 4 is 38.8 Å². The number of nitrogens with zero attached hydrogens (tertiary/aromatic N) is 1. The van der Waals surface area contributed by atoms with Crippen molar-refractivity contribution in [3.05, 3.63) is 59.1 Å². The predicted octanol–water partition coefficient (Wildman–Crippen LogP) is 3.12. The molecule has 2 aromatic carbocycles.